The lowest BCUT2D eigenvalue weighted by atomic mass is 9.99. The third-order valence-corrected chi connectivity index (χ3v) is 3.79. The predicted octanol–water partition coefficient (Wildman–Crippen LogP) is 3.56. The number of hydrogen-bond acceptors (Lipinski definition) is 2. The van der Waals surface area contributed by atoms with Crippen LogP contribution in [0.5, 0.6) is 0 Å². The van der Waals surface area contributed by atoms with Crippen LogP contribution in [0.15, 0.2) is 24.3 Å². The molecule has 1 aliphatic rings. The summed E-state index contributed by atoms with van der Waals surface area (Å²) in [7, 11) is 0. The maximum Gasteiger partial charge on any atom is 0.127 e. The van der Waals surface area contributed by atoms with Gasteiger partial charge in [-0.05, 0) is 25.3 Å². The maximum atomic E-state index is 13.8. The summed E-state index contributed by atoms with van der Waals surface area (Å²) >= 11 is 0. The zero-order chi connectivity index (χ0) is 13.0. The summed E-state index contributed by atoms with van der Waals surface area (Å²) in [5.41, 5.74) is 0.712. The van der Waals surface area contributed by atoms with Crippen molar-refractivity contribution >= 4 is 0 Å². The maximum absolute atomic E-state index is 13.8. The Morgan fingerprint density at radius 2 is 2.22 bits per heavy atom. The highest BCUT2D eigenvalue weighted by atomic mass is 19.1. The van der Waals surface area contributed by atoms with Gasteiger partial charge in [0, 0.05) is 17.6 Å². The average Bonchev–Trinajstić information content (AvgIpc) is 2.84. The molecule has 0 bridgehead atoms. The first-order valence-corrected chi connectivity index (χ1v) is 6.66. The molecular formula is C15H19FN2. The van der Waals surface area contributed by atoms with Gasteiger partial charge in [-0.15, -0.1) is 0 Å². The lowest BCUT2D eigenvalue weighted by Gasteiger charge is -2.24. The first-order valence-electron chi connectivity index (χ1n) is 6.66. The fraction of sp³-hybridized carbons (Fsp3) is 0.533. The molecule has 2 rings (SSSR count). The predicted molar refractivity (Wildman–Crippen MR) is 69.3 cm³/mol. The van der Waals surface area contributed by atoms with E-state index in [1.807, 2.05) is 19.1 Å². The van der Waals surface area contributed by atoms with E-state index in [1.54, 1.807) is 6.07 Å². The average molecular weight is 246 g/mol. The molecule has 3 unspecified atom stereocenters. The van der Waals surface area contributed by atoms with E-state index in [0.717, 1.165) is 25.7 Å². The monoisotopic (exact) mass is 246 g/mol. The van der Waals surface area contributed by atoms with Crippen molar-refractivity contribution in [1.82, 2.24) is 5.32 Å². The largest absolute Gasteiger partial charge is 0.306 e. The first-order chi connectivity index (χ1) is 8.76. The van der Waals surface area contributed by atoms with Crippen molar-refractivity contribution < 1.29 is 4.39 Å². The van der Waals surface area contributed by atoms with Crippen LogP contribution in [0.2, 0.25) is 0 Å². The molecule has 0 spiro atoms. The zero-order valence-electron chi connectivity index (χ0n) is 10.7. The molecule has 1 aliphatic carbocycles. The van der Waals surface area contributed by atoms with Gasteiger partial charge in [0.2, 0.25) is 0 Å². The van der Waals surface area contributed by atoms with E-state index in [0.29, 0.717) is 5.56 Å². The fourth-order valence-corrected chi connectivity index (χ4v) is 2.76. The number of nitrogens with zero attached hydrogens (tertiary/aromatic N) is 1. The van der Waals surface area contributed by atoms with Crippen LogP contribution in [0, 0.1) is 23.1 Å². The third-order valence-electron chi connectivity index (χ3n) is 3.79. The fourth-order valence-electron chi connectivity index (χ4n) is 2.76. The summed E-state index contributed by atoms with van der Waals surface area (Å²) in [5.74, 6) is -0.0887. The van der Waals surface area contributed by atoms with Crippen LogP contribution in [0.25, 0.3) is 0 Å². The highest BCUT2D eigenvalue weighted by Gasteiger charge is 2.29. The lowest BCUT2D eigenvalue weighted by Crippen LogP contribution is -2.35. The van der Waals surface area contributed by atoms with Gasteiger partial charge in [0.15, 0.2) is 0 Å². The summed E-state index contributed by atoms with van der Waals surface area (Å²) in [4.78, 5) is 0. The van der Waals surface area contributed by atoms with Gasteiger partial charge < -0.3 is 5.32 Å². The van der Waals surface area contributed by atoms with Crippen LogP contribution in [0.3, 0.4) is 0 Å². The molecule has 1 fully saturated rings. The molecule has 2 nitrogen and oxygen atoms in total. The van der Waals surface area contributed by atoms with Crippen LogP contribution in [0.1, 0.15) is 44.2 Å². The Bertz CT molecular complexity index is 438. The SMILES string of the molecule is CCC(NC1CCCC1C#N)c1ccccc1F. The van der Waals surface area contributed by atoms with E-state index in [2.05, 4.69) is 11.4 Å². The van der Waals surface area contributed by atoms with E-state index in [1.165, 1.54) is 6.07 Å². The molecule has 0 aromatic heterocycles. The second-order valence-corrected chi connectivity index (χ2v) is 4.92. The zero-order valence-corrected chi connectivity index (χ0v) is 10.7. The Morgan fingerprint density at radius 1 is 1.44 bits per heavy atom. The van der Waals surface area contributed by atoms with Crippen LogP contribution in [0.4, 0.5) is 4.39 Å². The van der Waals surface area contributed by atoms with Crippen LogP contribution < -0.4 is 5.32 Å². The molecule has 1 aromatic rings. The number of rotatable bonds is 4. The van der Waals surface area contributed by atoms with Crippen LogP contribution in [-0.4, -0.2) is 6.04 Å². The van der Waals surface area contributed by atoms with Crippen molar-refractivity contribution in [2.24, 2.45) is 5.92 Å². The molecule has 0 amide bonds. The number of nitriles is 1. The molecule has 0 saturated heterocycles. The molecule has 1 N–H and O–H groups in total. The number of hydrogen-bond donors (Lipinski definition) is 1. The number of benzene rings is 1. The molecule has 96 valence electrons. The van der Waals surface area contributed by atoms with Gasteiger partial charge in [0.05, 0.1) is 12.0 Å². The molecule has 1 saturated carbocycles. The standard InChI is InChI=1S/C15H19FN2/c1-2-14(12-7-3-4-8-13(12)16)18-15-9-5-6-11(15)10-17/h3-4,7-8,11,14-15,18H,2,5-6,9H2,1H3. The second kappa shape index (κ2) is 5.97. The van der Waals surface area contributed by atoms with Gasteiger partial charge in [-0.3, -0.25) is 0 Å². The summed E-state index contributed by atoms with van der Waals surface area (Å²) in [6.45, 7) is 2.04. The second-order valence-electron chi connectivity index (χ2n) is 4.92. The molecule has 0 heterocycles. The minimum Gasteiger partial charge on any atom is -0.306 e. The van der Waals surface area contributed by atoms with Crippen molar-refractivity contribution in [2.45, 2.75) is 44.7 Å². The third kappa shape index (κ3) is 2.70. The van der Waals surface area contributed by atoms with Gasteiger partial charge in [0.25, 0.3) is 0 Å². The van der Waals surface area contributed by atoms with Crippen LogP contribution >= 0.6 is 0 Å². The topological polar surface area (TPSA) is 35.8 Å². The molecule has 3 heteroatoms. The Morgan fingerprint density at radius 3 is 2.89 bits per heavy atom. The van der Waals surface area contributed by atoms with E-state index >= 15 is 0 Å². The molecule has 0 aliphatic heterocycles. The molecule has 18 heavy (non-hydrogen) atoms. The molecular weight excluding hydrogens is 227 g/mol. The highest BCUT2D eigenvalue weighted by Crippen LogP contribution is 2.29. The van der Waals surface area contributed by atoms with E-state index in [-0.39, 0.29) is 23.8 Å². The lowest BCUT2D eigenvalue weighted by molar-refractivity contribution is 0.386. The first kappa shape index (κ1) is 13.0. The Labute approximate surface area is 108 Å². The van der Waals surface area contributed by atoms with Crippen molar-refractivity contribution in [3.8, 4) is 6.07 Å². The summed E-state index contributed by atoms with van der Waals surface area (Å²) < 4.78 is 13.8. The van der Waals surface area contributed by atoms with Crippen LogP contribution in [-0.2, 0) is 0 Å². The smallest absolute Gasteiger partial charge is 0.127 e. The number of nitrogens with one attached hydrogen (secondary N) is 1. The van der Waals surface area contributed by atoms with Gasteiger partial charge in [-0.25, -0.2) is 4.39 Å². The quantitative estimate of drug-likeness (QED) is 0.881. The molecule has 1 aromatic carbocycles. The van der Waals surface area contributed by atoms with E-state index < -0.39 is 0 Å². The summed E-state index contributed by atoms with van der Waals surface area (Å²) in [5, 5.41) is 12.5. The van der Waals surface area contributed by atoms with Crippen molar-refractivity contribution in [1.29, 1.82) is 5.26 Å². The molecule has 0 radical (unpaired) electrons. The summed E-state index contributed by atoms with van der Waals surface area (Å²) in [6.07, 6.45) is 3.89. The van der Waals surface area contributed by atoms with Gasteiger partial charge in [0.1, 0.15) is 5.82 Å². The Balaban J connectivity index is 2.11. The van der Waals surface area contributed by atoms with Crippen molar-refractivity contribution in [3.05, 3.63) is 35.6 Å². The minimum absolute atomic E-state index is 0.00477. The van der Waals surface area contributed by atoms with Gasteiger partial charge in [-0.1, -0.05) is 31.5 Å². The summed E-state index contributed by atoms with van der Waals surface area (Å²) in [6, 6.07) is 9.46. The van der Waals surface area contributed by atoms with Gasteiger partial charge in [-0.2, -0.15) is 5.26 Å². The normalized spacial score (nSPS) is 24.7. The minimum atomic E-state index is -0.164. The number of halogens is 1. The van der Waals surface area contributed by atoms with E-state index in [4.69, 9.17) is 5.26 Å². The van der Waals surface area contributed by atoms with Gasteiger partial charge >= 0.3 is 0 Å². The Hall–Kier alpha value is -1.40. The van der Waals surface area contributed by atoms with E-state index in [9.17, 15) is 4.39 Å². The Kier molecular flexibility index (Phi) is 4.33. The van der Waals surface area contributed by atoms with Crippen molar-refractivity contribution in [2.75, 3.05) is 0 Å². The molecule has 3 atom stereocenters. The van der Waals surface area contributed by atoms with Crippen molar-refractivity contribution in [3.63, 3.8) is 0 Å². The highest BCUT2D eigenvalue weighted by molar-refractivity contribution is 5.21.